The molecule has 1 aliphatic carbocycles. The summed E-state index contributed by atoms with van der Waals surface area (Å²) in [5, 5.41) is 3.42. The van der Waals surface area contributed by atoms with E-state index < -0.39 is 0 Å². The maximum Gasteiger partial charge on any atom is 0.0319 e. The molecule has 1 atom stereocenters. The van der Waals surface area contributed by atoms with Crippen LogP contribution in [0.15, 0.2) is 18.2 Å². The predicted molar refractivity (Wildman–Crippen MR) is 87.2 cm³/mol. The predicted octanol–water partition coefficient (Wildman–Crippen LogP) is 3.83. The second-order valence-corrected chi connectivity index (χ2v) is 6.48. The molecule has 20 heavy (non-hydrogen) atoms. The first-order chi connectivity index (χ1) is 9.52. The molecule has 0 radical (unpaired) electrons. The van der Waals surface area contributed by atoms with Crippen LogP contribution in [0.4, 0.5) is 0 Å². The van der Waals surface area contributed by atoms with Crippen LogP contribution in [0.1, 0.15) is 55.3 Å². The fourth-order valence-electron chi connectivity index (χ4n) is 3.35. The topological polar surface area (TPSA) is 15.3 Å². The first-order valence-electron chi connectivity index (χ1n) is 7.99. The molecule has 1 aromatic carbocycles. The van der Waals surface area contributed by atoms with Crippen molar-refractivity contribution in [2.45, 2.75) is 64.6 Å². The molecule has 1 fully saturated rings. The van der Waals surface area contributed by atoms with Crippen LogP contribution >= 0.6 is 0 Å². The summed E-state index contributed by atoms with van der Waals surface area (Å²) in [6, 6.07) is 8.88. The van der Waals surface area contributed by atoms with E-state index in [-0.39, 0.29) is 0 Å². The Balaban J connectivity index is 2.01. The van der Waals surface area contributed by atoms with Gasteiger partial charge in [0.15, 0.2) is 0 Å². The van der Waals surface area contributed by atoms with E-state index in [2.05, 4.69) is 63.3 Å². The molecule has 0 bridgehead atoms. The third-order valence-corrected chi connectivity index (χ3v) is 5.31. The van der Waals surface area contributed by atoms with Gasteiger partial charge in [0.2, 0.25) is 0 Å². The third-order valence-electron chi connectivity index (χ3n) is 5.31. The van der Waals surface area contributed by atoms with Crippen molar-refractivity contribution in [3.63, 3.8) is 0 Å². The summed E-state index contributed by atoms with van der Waals surface area (Å²) < 4.78 is 0. The minimum atomic E-state index is 0.505. The summed E-state index contributed by atoms with van der Waals surface area (Å²) in [4.78, 5) is 2.58. The molecule has 0 spiro atoms. The Hall–Kier alpha value is -0.860. The van der Waals surface area contributed by atoms with Gasteiger partial charge in [-0.3, -0.25) is 4.90 Å². The van der Waals surface area contributed by atoms with Gasteiger partial charge >= 0.3 is 0 Å². The maximum atomic E-state index is 3.42. The zero-order valence-electron chi connectivity index (χ0n) is 13.7. The molecule has 0 saturated heterocycles. The highest BCUT2D eigenvalue weighted by Gasteiger charge is 2.26. The maximum absolute atomic E-state index is 3.42. The number of nitrogens with zero attached hydrogens (tertiary/aromatic N) is 1. The average Bonchev–Trinajstić information content (AvgIpc) is 2.48. The summed E-state index contributed by atoms with van der Waals surface area (Å²) in [5.41, 5.74) is 4.24. The van der Waals surface area contributed by atoms with Gasteiger partial charge in [-0.05, 0) is 77.2 Å². The molecule has 1 unspecified atom stereocenters. The van der Waals surface area contributed by atoms with Crippen molar-refractivity contribution in [1.82, 2.24) is 10.2 Å². The number of aryl methyl sites for hydroxylation is 2. The second kappa shape index (κ2) is 6.73. The first-order valence-corrected chi connectivity index (χ1v) is 7.99. The highest BCUT2D eigenvalue weighted by atomic mass is 15.2. The van der Waals surface area contributed by atoms with Crippen molar-refractivity contribution in [1.29, 1.82) is 0 Å². The molecule has 112 valence electrons. The van der Waals surface area contributed by atoms with Gasteiger partial charge in [-0.2, -0.15) is 0 Å². The van der Waals surface area contributed by atoms with Crippen LogP contribution in [0.5, 0.6) is 0 Å². The number of rotatable bonds is 4. The van der Waals surface area contributed by atoms with Gasteiger partial charge < -0.3 is 5.32 Å². The molecule has 1 aromatic rings. The number of hydrogen-bond donors (Lipinski definition) is 1. The standard InChI is InChI=1S/C18H30N2/c1-13-6-7-16(12-14(13)2)15(3)20(5)18-10-8-17(19-4)9-11-18/h6-7,12,15,17-19H,8-11H2,1-5H3. The lowest BCUT2D eigenvalue weighted by Crippen LogP contribution is -2.40. The van der Waals surface area contributed by atoms with E-state index in [9.17, 15) is 0 Å². The lowest BCUT2D eigenvalue weighted by atomic mass is 9.89. The fraction of sp³-hybridized carbons (Fsp3) is 0.667. The summed E-state index contributed by atoms with van der Waals surface area (Å²) in [7, 11) is 4.39. The van der Waals surface area contributed by atoms with E-state index in [0.717, 1.165) is 12.1 Å². The third kappa shape index (κ3) is 3.42. The Morgan fingerprint density at radius 3 is 2.30 bits per heavy atom. The average molecular weight is 274 g/mol. The molecule has 1 saturated carbocycles. The van der Waals surface area contributed by atoms with Crippen LogP contribution in [0.3, 0.4) is 0 Å². The van der Waals surface area contributed by atoms with Crippen LogP contribution < -0.4 is 5.32 Å². The monoisotopic (exact) mass is 274 g/mol. The summed E-state index contributed by atoms with van der Waals surface area (Å²) in [6.45, 7) is 6.74. The number of benzene rings is 1. The Morgan fingerprint density at radius 1 is 1.10 bits per heavy atom. The molecule has 2 rings (SSSR count). The number of nitrogens with one attached hydrogen (secondary N) is 1. The Labute approximate surface area is 124 Å². The largest absolute Gasteiger partial charge is 0.317 e. The van der Waals surface area contributed by atoms with E-state index in [1.807, 2.05) is 0 Å². The first kappa shape index (κ1) is 15.5. The fourth-order valence-corrected chi connectivity index (χ4v) is 3.35. The molecule has 0 amide bonds. The van der Waals surface area contributed by atoms with Gasteiger partial charge in [0.1, 0.15) is 0 Å². The molecule has 2 nitrogen and oxygen atoms in total. The molecular formula is C18H30N2. The minimum Gasteiger partial charge on any atom is -0.317 e. The SMILES string of the molecule is CNC1CCC(N(C)C(C)c2ccc(C)c(C)c2)CC1. The Morgan fingerprint density at radius 2 is 1.75 bits per heavy atom. The molecule has 0 heterocycles. The molecule has 1 aliphatic rings. The van der Waals surface area contributed by atoms with E-state index >= 15 is 0 Å². The smallest absolute Gasteiger partial charge is 0.0319 e. The van der Waals surface area contributed by atoms with Gasteiger partial charge in [-0.1, -0.05) is 18.2 Å². The zero-order valence-corrected chi connectivity index (χ0v) is 13.7. The lowest BCUT2D eigenvalue weighted by Gasteiger charge is -2.38. The van der Waals surface area contributed by atoms with E-state index in [1.165, 1.54) is 42.4 Å². The van der Waals surface area contributed by atoms with E-state index in [1.54, 1.807) is 0 Å². The second-order valence-electron chi connectivity index (χ2n) is 6.48. The van der Waals surface area contributed by atoms with Gasteiger partial charge in [0.25, 0.3) is 0 Å². The van der Waals surface area contributed by atoms with Crippen molar-refractivity contribution in [2.75, 3.05) is 14.1 Å². The molecular weight excluding hydrogens is 244 g/mol. The van der Waals surface area contributed by atoms with Gasteiger partial charge in [0, 0.05) is 18.1 Å². The summed E-state index contributed by atoms with van der Waals surface area (Å²) >= 11 is 0. The van der Waals surface area contributed by atoms with Crippen molar-refractivity contribution >= 4 is 0 Å². The van der Waals surface area contributed by atoms with Crippen LogP contribution in [0.25, 0.3) is 0 Å². The summed E-state index contributed by atoms with van der Waals surface area (Å²) in [6.07, 6.45) is 5.25. The van der Waals surface area contributed by atoms with Crippen molar-refractivity contribution < 1.29 is 0 Å². The van der Waals surface area contributed by atoms with Gasteiger partial charge in [0.05, 0.1) is 0 Å². The summed E-state index contributed by atoms with van der Waals surface area (Å²) in [5.74, 6) is 0. The van der Waals surface area contributed by atoms with Crippen LogP contribution in [0.2, 0.25) is 0 Å². The Kier molecular flexibility index (Phi) is 5.22. The van der Waals surface area contributed by atoms with Gasteiger partial charge in [-0.25, -0.2) is 0 Å². The van der Waals surface area contributed by atoms with Crippen molar-refractivity contribution in [2.24, 2.45) is 0 Å². The highest BCUT2D eigenvalue weighted by Crippen LogP contribution is 2.29. The normalized spacial score (nSPS) is 24.9. The molecule has 1 N–H and O–H groups in total. The molecule has 0 aromatic heterocycles. The van der Waals surface area contributed by atoms with E-state index in [4.69, 9.17) is 0 Å². The van der Waals surface area contributed by atoms with Crippen LogP contribution in [-0.4, -0.2) is 31.1 Å². The molecule has 2 heteroatoms. The van der Waals surface area contributed by atoms with Crippen molar-refractivity contribution in [3.05, 3.63) is 34.9 Å². The Bertz CT molecular complexity index is 433. The molecule has 0 aliphatic heterocycles. The number of hydrogen-bond acceptors (Lipinski definition) is 2. The van der Waals surface area contributed by atoms with Crippen molar-refractivity contribution in [3.8, 4) is 0 Å². The quantitative estimate of drug-likeness (QED) is 0.897. The van der Waals surface area contributed by atoms with Crippen LogP contribution in [-0.2, 0) is 0 Å². The van der Waals surface area contributed by atoms with E-state index in [0.29, 0.717) is 6.04 Å². The zero-order chi connectivity index (χ0) is 14.7. The van der Waals surface area contributed by atoms with Crippen LogP contribution in [0, 0.1) is 13.8 Å². The highest BCUT2D eigenvalue weighted by molar-refractivity contribution is 5.31. The van der Waals surface area contributed by atoms with Gasteiger partial charge in [-0.15, -0.1) is 0 Å². The minimum absolute atomic E-state index is 0.505. The lowest BCUT2D eigenvalue weighted by molar-refractivity contribution is 0.136.